The molecule has 0 aromatic heterocycles. The highest BCUT2D eigenvalue weighted by Gasteiger charge is 2.14. The number of aryl methyl sites for hydroxylation is 2. The van der Waals surface area contributed by atoms with Crippen molar-refractivity contribution in [2.24, 2.45) is 0 Å². The molecule has 0 aliphatic heterocycles. The molecular formula is C18H20ClNO. The Balaban J connectivity index is 2.16. The molecular weight excluding hydrogens is 282 g/mol. The molecule has 1 N–H and O–H groups in total. The summed E-state index contributed by atoms with van der Waals surface area (Å²) in [6, 6.07) is 13.3. The van der Waals surface area contributed by atoms with Crippen LogP contribution in [0.25, 0.3) is 0 Å². The number of rotatable bonds is 4. The van der Waals surface area contributed by atoms with Crippen LogP contribution in [0.5, 0.6) is 0 Å². The van der Waals surface area contributed by atoms with Crippen molar-refractivity contribution in [3.63, 3.8) is 0 Å². The molecule has 0 saturated heterocycles. The van der Waals surface area contributed by atoms with E-state index in [0.29, 0.717) is 10.6 Å². The smallest absolute Gasteiger partial charge is 0.251 e. The number of carbonyl (C=O) groups excluding carboxylic acids is 1. The Bertz CT molecular complexity index is 634. The zero-order chi connectivity index (χ0) is 15.4. The third-order valence-corrected chi connectivity index (χ3v) is 4.01. The number of nitrogens with one attached hydrogen (secondary N) is 1. The van der Waals surface area contributed by atoms with Crippen molar-refractivity contribution in [2.75, 3.05) is 0 Å². The highest BCUT2D eigenvalue weighted by molar-refractivity contribution is 6.30. The average Bonchev–Trinajstić information content (AvgIpc) is 2.48. The highest BCUT2D eigenvalue weighted by atomic mass is 35.5. The van der Waals surface area contributed by atoms with Crippen molar-refractivity contribution >= 4 is 17.5 Å². The maximum absolute atomic E-state index is 12.3. The van der Waals surface area contributed by atoms with Gasteiger partial charge in [-0.15, -0.1) is 0 Å². The van der Waals surface area contributed by atoms with Crippen LogP contribution in [0.3, 0.4) is 0 Å². The summed E-state index contributed by atoms with van der Waals surface area (Å²) in [6.45, 7) is 6.25. The van der Waals surface area contributed by atoms with Gasteiger partial charge in [-0.1, -0.05) is 36.7 Å². The third kappa shape index (κ3) is 3.85. The summed E-state index contributed by atoms with van der Waals surface area (Å²) in [4.78, 5) is 12.3. The Kier molecular flexibility index (Phi) is 5.03. The summed E-state index contributed by atoms with van der Waals surface area (Å²) in [5, 5.41) is 3.72. The van der Waals surface area contributed by atoms with Gasteiger partial charge < -0.3 is 5.32 Å². The topological polar surface area (TPSA) is 29.1 Å². The van der Waals surface area contributed by atoms with Crippen molar-refractivity contribution in [2.45, 2.75) is 33.2 Å². The second-order valence-corrected chi connectivity index (χ2v) is 5.72. The van der Waals surface area contributed by atoms with Crippen molar-refractivity contribution in [1.29, 1.82) is 0 Å². The molecule has 2 nitrogen and oxygen atoms in total. The Morgan fingerprint density at radius 3 is 2.33 bits per heavy atom. The lowest BCUT2D eigenvalue weighted by Crippen LogP contribution is -2.28. The fourth-order valence-corrected chi connectivity index (χ4v) is 2.37. The Labute approximate surface area is 131 Å². The molecule has 0 bridgehead atoms. The van der Waals surface area contributed by atoms with Gasteiger partial charge in [-0.2, -0.15) is 0 Å². The molecule has 2 aromatic rings. The second-order valence-electron chi connectivity index (χ2n) is 5.28. The number of halogens is 1. The van der Waals surface area contributed by atoms with Crippen LogP contribution in [0.4, 0.5) is 0 Å². The van der Waals surface area contributed by atoms with Crippen LogP contribution in [0.15, 0.2) is 42.5 Å². The minimum Gasteiger partial charge on any atom is -0.345 e. The van der Waals surface area contributed by atoms with Gasteiger partial charge in [-0.3, -0.25) is 4.79 Å². The normalized spacial score (nSPS) is 12.0. The number of amides is 1. The molecule has 0 aliphatic carbocycles. The minimum atomic E-state index is -0.0725. The molecule has 21 heavy (non-hydrogen) atoms. The summed E-state index contributed by atoms with van der Waals surface area (Å²) < 4.78 is 0. The molecule has 110 valence electrons. The number of benzene rings is 2. The Hall–Kier alpha value is -1.80. The molecule has 0 radical (unpaired) electrons. The van der Waals surface area contributed by atoms with Gasteiger partial charge in [0.2, 0.25) is 0 Å². The van der Waals surface area contributed by atoms with Gasteiger partial charge >= 0.3 is 0 Å². The first kappa shape index (κ1) is 15.6. The third-order valence-electron chi connectivity index (χ3n) is 3.75. The van der Waals surface area contributed by atoms with Gasteiger partial charge in [0, 0.05) is 10.6 Å². The predicted octanol–water partition coefficient (Wildman–Crippen LogP) is 4.84. The molecule has 2 rings (SSSR count). The molecule has 3 heteroatoms. The fraction of sp³-hybridized carbons (Fsp3) is 0.278. The standard InChI is InChI=1S/C18H20ClNO/c1-4-17(15-6-5-12(2)13(3)11-15)20-18(21)14-7-9-16(19)10-8-14/h5-11,17H,4H2,1-3H3,(H,20,21)/t17-/m0/s1. The van der Waals surface area contributed by atoms with Crippen molar-refractivity contribution < 1.29 is 4.79 Å². The van der Waals surface area contributed by atoms with Crippen LogP contribution in [0.2, 0.25) is 5.02 Å². The van der Waals surface area contributed by atoms with Crippen LogP contribution in [0, 0.1) is 13.8 Å². The molecule has 1 atom stereocenters. The van der Waals surface area contributed by atoms with Crippen LogP contribution in [0.1, 0.15) is 46.4 Å². The molecule has 0 spiro atoms. The van der Waals surface area contributed by atoms with E-state index in [0.717, 1.165) is 12.0 Å². The van der Waals surface area contributed by atoms with Gasteiger partial charge in [-0.25, -0.2) is 0 Å². The number of hydrogen-bond donors (Lipinski definition) is 1. The van der Waals surface area contributed by atoms with E-state index in [1.54, 1.807) is 24.3 Å². The maximum Gasteiger partial charge on any atom is 0.251 e. The van der Waals surface area contributed by atoms with E-state index in [-0.39, 0.29) is 11.9 Å². The lowest BCUT2D eigenvalue weighted by molar-refractivity contribution is 0.0935. The van der Waals surface area contributed by atoms with E-state index in [2.05, 4.69) is 44.3 Å². The zero-order valence-corrected chi connectivity index (χ0v) is 13.4. The second kappa shape index (κ2) is 6.77. The lowest BCUT2D eigenvalue weighted by atomic mass is 9.99. The van der Waals surface area contributed by atoms with E-state index < -0.39 is 0 Å². The largest absolute Gasteiger partial charge is 0.345 e. The van der Waals surface area contributed by atoms with Crippen molar-refractivity contribution in [3.05, 3.63) is 69.7 Å². The summed E-state index contributed by atoms with van der Waals surface area (Å²) in [6.07, 6.45) is 0.849. The van der Waals surface area contributed by atoms with Gasteiger partial charge in [0.05, 0.1) is 6.04 Å². The van der Waals surface area contributed by atoms with E-state index in [1.165, 1.54) is 11.1 Å². The fourth-order valence-electron chi connectivity index (χ4n) is 2.25. The summed E-state index contributed by atoms with van der Waals surface area (Å²) in [5.41, 5.74) is 4.27. The predicted molar refractivity (Wildman–Crippen MR) is 87.9 cm³/mol. The minimum absolute atomic E-state index is 0.0208. The SMILES string of the molecule is CC[C@H](NC(=O)c1ccc(Cl)cc1)c1ccc(C)c(C)c1. The lowest BCUT2D eigenvalue weighted by Gasteiger charge is -2.18. The molecule has 0 fully saturated rings. The van der Waals surface area contributed by atoms with Gasteiger partial charge in [0.1, 0.15) is 0 Å². The molecule has 0 aliphatic rings. The van der Waals surface area contributed by atoms with E-state index in [4.69, 9.17) is 11.6 Å². The molecule has 0 unspecified atom stereocenters. The number of hydrogen-bond acceptors (Lipinski definition) is 1. The summed E-state index contributed by atoms with van der Waals surface area (Å²) >= 11 is 5.85. The first-order valence-electron chi connectivity index (χ1n) is 7.15. The van der Waals surface area contributed by atoms with E-state index in [9.17, 15) is 4.79 Å². The first-order valence-corrected chi connectivity index (χ1v) is 7.52. The molecule has 0 saturated carbocycles. The highest BCUT2D eigenvalue weighted by Crippen LogP contribution is 2.20. The van der Waals surface area contributed by atoms with Gasteiger partial charge in [0.15, 0.2) is 0 Å². The average molecular weight is 302 g/mol. The summed E-state index contributed by atoms with van der Waals surface area (Å²) in [5.74, 6) is -0.0725. The molecule has 2 aromatic carbocycles. The number of carbonyl (C=O) groups is 1. The quantitative estimate of drug-likeness (QED) is 0.860. The zero-order valence-electron chi connectivity index (χ0n) is 12.6. The van der Waals surface area contributed by atoms with Crippen LogP contribution < -0.4 is 5.32 Å². The summed E-state index contributed by atoms with van der Waals surface area (Å²) in [7, 11) is 0. The Morgan fingerprint density at radius 2 is 1.76 bits per heavy atom. The van der Waals surface area contributed by atoms with Crippen LogP contribution in [-0.2, 0) is 0 Å². The van der Waals surface area contributed by atoms with Crippen LogP contribution >= 0.6 is 11.6 Å². The first-order chi connectivity index (χ1) is 10.0. The van der Waals surface area contributed by atoms with E-state index in [1.807, 2.05) is 0 Å². The molecule has 0 heterocycles. The monoisotopic (exact) mass is 301 g/mol. The van der Waals surface area contributed by atoms with Gasteiger partial charge in [-0.05, 0) is 61.2 Å². The Morgan fingerprint density at radius 1 is 1.10 bits per heavy atom. The van der Waals surface area contributed by atoms with Crippen molar-refractivity contribution in [1.82, 2.24) is 5.32 Å². The molecule has 1 amide bonds. The van der Waals surface area contributed by atoms with Gasteiger partial charge in [0.25, 0.3) is 5.91 Å². The van der Waals surface area contributed by atoms with Crippen LogP contribution in [-0.4, -0.2) is 5.91 Å². The van der Waals surface area contributed by atoms with Crippen molar-refractivity contribution in [3.8, 4) is 0 Å². The van der Waals surface area contributed by atoms with E-state index >= 15 is 0 Å². The maximum atomic E-state index is 12.3.